The first-order valence-corrected chi connectivity index (χ1v) is 9.30. The normalized spacial score (nSPS) is 15.0. The number of nitrogens with one attached hydrogen (secondary N) is 1. The van der Waals surface area contributed by atoms with Gasteiger partial charge in [-0.3, -0.25) is 9.59 Å². The molecule has 0 spiro atoms. The molecule has 3 aromatic rings. The Kier molecular flexibility index (Phi) is 5.00. The maximum atomic E-state index is 12.4. The molecule has 0 atom stereocenters. The van der Waals surface area contributed by atoms with Crippen molar-refractivity contribution in [3.63, 3.8) is 0 Å². The van der Waals surface area contributed by atoms with E-state index in [4.69, 9.17) is 5.11 Å². The summed E-state index contributed by atoms with van der Waals surface area (Å²) in [6, 6.07) is 13.3. The molecule has 9 heteroatoms. The van der Waals surface area contributed by atoms with Crippen molar-refractivity contribution in [1.29, 1.82) is 0 Å². The summed E-state index contributed by atoms with van der Waals surface area (Å²) in [7, 11) is 0. The topological polar surface area (TPSA) is 129 Å². The number of para-hydroxylation sites is 1. The minimum Gasteiger partial charge on any atom is -0.480 e. The van der Waals surface area contributed by atoms with Crippen LogP contribution < -0.4 is 5.32 Å². The zero-order valence-corrected chi connectivity index (χ0v) is 16.1. The number of urea groups is 1. The minimum atomic E-state index is -1.29. The van der Waals surface area contributed by atoms with E-state index in [-0.39, 0.29) is 11.3 Å². The molecule has 1 aromatic heterocycles. The number of carboxylic acid groups (broad SMARTS) is 2. The molecule has 3 N–H and O–H groups in total. The minimum absolute atomic E-state index is 0.0120. The van der Waals surface area contributed by atoms with E-state index in [1.165, 1.54) is 12.1 Å². The van der Waals surface area contributed by atoms with E-state index in [2.05, 4.69) is 5.32 Å². The summed E-state index contributed by atoms with van der Waals surface area (Å²) in [6.07, 6.45) is 3.30. The summed E-state index contributed by atoms with van der Waals surface area (Å²) in [5.41, 5.74) is 2.48. The second-order valence-electron chi connectivity index (χ2n) is 7.01. The second kappa shape index (κ2) is 7.79. The van der Waals surface area contributed by atoms with Gasteiger partial charge < -0.3 is 20.1 Å². The van der Waals surface area contributed by atoms with Crippen molar-refractivity contribution in [2.24, 2.45) is 0 Å². The van der Waals surface area contributed by atoms with Crippen LogP contribution in [0.4, 0.5) is 4.79 Å². The zero-order chi connectivity index (χ0) is 22.1. The van der Waals surface area contributed by atoms with E-state index in [1.54, 1.807) is 18.3 Å². The Labute approximate surface area is 175 Å². The largest absolute Gasteiger partial charge is 0.480 e. The number of aromatic carboxylic acids is 1. The smallest absolute Gasteiger partial charge is 0.335 e. The molecule has 0 aliphatic carbocycles. The third-order valence-electron chi connectivity index (χ3n) is 4.90. The van der Waals surface area contributed by atoms with E-state index in [9.17, 15) is 24.3 Å². The van der Waals surface area contributed by atoms with E-state index < -0.39 is 30.4 Å². The van der Waals surface area contributed by atoms with Crippen LogP contribution in [0.3, 0.4) is 0 Å². The van der Waals surface area contributed by atoms with Crippen molar-refractivity contribution in [3.05, 3.63) is 77.1 Å². The highest BCUT2D eigenvalue weighted by atomic mass is 16.4. The Balaban J connectivity index is 1.71. The second-order valence-corrected chi connectivity index (χ2v) is 7.01. The van der Waals surface area contributed by atoms with Crippen molar-refractivity contribution in [2.75, 3.05) is 6.54 Å². The van der Waals surface area contributed by atoms with Gasteiger partial charge in [-0.2, -0.15) is 0 Å². The van der Waals surface area contributed by atoms with Gasteiger partial charge in [-0.05, 0) is 29.8 Å². The van der Waals surface area contributed by atoms with Gasteiger partial charge in [0.25, 0.3) is 5.91 Å². The Bertz CT molecular complexity index is 1270. The molecule has 3 amide bonds. The van der Waals surface area contributed by atoms with E-state index in [0.29, 0.717) is 17.0 Å². The monoisotopic (exact) mass is 419 g/mol. The van der Waals surface area contributed by atoms with Gasteiger partial charge in [0.1, 0.15) is 12.2 Å². The predicted molar refractivity (Wildman–Crippen MR) is 110 cm³/mol. The summed E-state index contributed by atoms with van der Waals surface area (Å²) < 4.78 is 1.92. The predicted octanol–water partition coefficient (Wildman–Crippen LogP) is 2.37. The van der Waals surface area contributed by atoms with Crippen molar-refractivity contribution < 1.29 is 29.4 Å². The standard InChI is InChI=1S/C22H17N3O6/c26-19(27)12-25-20(28)17(23-22(25)31)9-15-11-24(18-7-2-1-6-16(15)18)10-13-4-3-5-14(8-13)21(29)30/h1-9,11H,10,12H2,(H,23,31)(H,26,27)(H,29,30)/b17-9+. The maximum Gasteiger partial charge on any atom is 0.335 e. The lowest BCUT2D eigenvalue weighted by Gasteiger charge is -2.06. The highest BCUT2D eigenvalue weighted by Crippen LogP contribution is 2.25. The molecular weight excluding hydrogens is 402 g/mol. The van der Waals surface area contributed by atoms with Crippen LogP contribution in [-0.2, 0) is 16.1 Å². The fraction of sp³-hybridized carbons (Fsp3) is 0.0909. The number of imide groups is 1. The highest BCUT2D eigenvalue weighted by molar-refractivity contribution is 6.15. The molecule has 0 radical (unpaired) electrons. The number of carboxylic acids is 2. The van der Waals surface area contributed by atoms with Gasteiger partial charge in [-0.1, -0.05) is 30.3 Å². The van der Waals surface area contributed by atoms with Gasteiger partial charge in [-0.25, -0.2) is 14.5 Å². The van der Waals surface area contributed by atoms with Gasteiger partial charge in [0, 0.05) is 29.2 Å². The molecule has 0 bridgehead atoms. The lowest BCUT2D eigenvalue weighted by atomic mass is 10.1. The number of rotatable bonds is 6. The molecule has 1 aliphatic rings. The third kappa shape index (κ3) is 3.88. The van der Waals surface area contributed by atoms with Crippen molar-refractivity contribution in [1.82, 2.24) is 14.8 Å². The molecule has 31 heavy (non-hydrogen) atoms. The summed E-state index contributed by atoms with van der Waals surface area (Å²) in [5, 5.41) is 21.3. The lowest BCUT2D eigenvalue weighted by molar-refractivity contribution is -0.140. The molecule has 2 heterocycles. The molecule has 0 unspecified atom stereocenters. The van der Waals surface area contributed by atoms with Crippen molar-refractivity contribution in [3.8, 4) is 0 Å². The van der Waals surface area contributed by atoms with E-state index in [0.717, 1.165) is 16.5 Å². The van der Waals surface area contributed by atoms with Gasteiger partial charge >= 0.3 is 18.0 Å². The number of hydrogen-bond acceptors (Lipinski definition) is 4. The van der Waals surface area contributed by atoms with Crippen LogP contribution in [0.5, 0.6) is 0 Å². The molecule has 1 aliphatic heterocycles. The third-order valence-corrected chi connectivity index (χ3v) is 4.90. The average molecular weight is 419 g/mol. The number of fused-ring (bicyclic) bond motifs is 1. The Morgan fingerprint density at radius 3 is 2.55 bits per heavy atom. The maximum absolute atomic E-state index is 12.4. The van der Waals surface area contributed by atoms with Gasteiger partial charge in [0.05, 0.1) is 5.56 Å². The molecule has 1 saturated heterocycles. The fourth-order valence-corrected chi connectivity index (χ4v) is 3.53. The summed E-state index contributed by atoms with van der Waals surface area (Å²) >= 11 is 0. The molecule has 156 valence electrons. The summed E-state index contributed by atoms with van der Waals surface area (Å²) in [5.74, 6) is -3.01. The Hall–Kier alpha value is -4.40. The molecule has 2 aromatic carbocycles. The number of nitrogens with zero attached hydrogens (tertiary/aromatic N) is 2. The molecule has 9 nitrogen and oxygen atoms in total. The van der Waals surface area contributed by atoms with Crippen LogP contribution >= 0.6 is 0 Å². The Morgan fingerprint density at radius 2 is 1.81 bits per heavy atom. The summed E-state index contributed by atoms with van der Waals surface area (Å²) in [6.45, 7) is -0.320. The molecular formula is C22H17N3O6. The number of amides is 3. The quantitative estimate of drug-likeness (QED) is 0.416. The number of benzene rings is 2. The van der Waals surface area contributed by atoms with Crippen molar-refractivity contribution in [2.45, 2.75) is 6.54 Å². The van der Waals surface area contributed by atoms with Gasteiger partial charge in [0.15, 0.2) is 0 Å². The average Bonchev–Trinajstić information content (AvgIpc) is 3.20. The van der Waals surface area contributed by atoms with Crippen LogP contribution in [0.25, 0.3) is 17.0 Å². The SMILES string of the molecule is O=C(O)CN1C(=O)N/C(=C/c2cn(Cc3cccc(C(=O)O)c3)c3ccccc23)C1=O. The molecule has 0 saturated carbocycles. The molecule has 1 fully saturated rings. The van der Waals surface area contributed by atoms with E-state index >= 15 is 0 Å². The van der Waals surface area contributed by atoms with Crippen LogP contribution in [0.15, 0.2) is 60.4 Å². The lowest BCUT2D eigenvalue weighted by Crippen LogP contribution is -2.35. The van der Waals surface area contributed by atoms with Crippen LogP contribution in [0.1, 0.15) is 21.5 Å². The van der Waals surface area contributed by atoms with Crippen molar-refractivity contribution >= 4 is 40.9 Å². The van der Waals surface area contributed by atoms with Crippen LogP contribution in [0, 0.1) is 0 Å². The Morgan fingerprint density at radius 1 is 1.03 bits per heavy atom. The van der Waals surface area contributed by atoms with Gasteiger partial charge in [0.2, 0.25) is 0 Å². The van der Waals surface area contributed by atoms with Gasteiger partial charge in [-0.15, -0.1) is 0 Å². The summed E-state index contributed by atoms with van der Waals surface area (Å²) in [4.78, 5) is 47.2. The van der Waals surface area contributed by atoms with Crippen LogP contribution in [0.2, 0.25) is 0 Å². The van der Waals surface area contributed by atoms with E-state index in [1.807, 2.05) is 34.9 Å². The first-order valence-electron chi connectivity index (χ1n) is 9.30. The fourth-order valence-electron chi connectivity index (χ4n) is 3.53. The number of aromatic nitrogens is 1. The zero-order valence-electron chi connectivity index (χ0n) is 16.1. The first-order chi connectivity index (χ1) is 14.8. The van der Waals surface area contributed by atoms with Crippen LogP contribution in [-0.4, -0.2) is 50.1 Å². The first kappa shape index (κ1) is 19.9. The highest BCUT2D eigenvalue weighted by Gasteiger charge is 2.35. The number of aliphatic carboxylic acids is 1. The number of carbonyl (C=O) groups excluding carboxylic acids is 2. The number of carbonyl (C=O) groups is 4. The molecule has 4 rings (SSSR count). The number of hydrogen-bond donors (Lipinski definition) is 3.